The summed E-state index contributed by atoms with van der Waals surface area (Å²) in [5.74, 6) is 0.0943. The van der Waals surface area contributed by atoms with Crippen molar-refractivity contribution in [3.63, 3.8) is 0 Å². The molecule has 1 heterocycles. The van der Waals surface area contributed by atoms with Crippen LogP contribution in [0.3, 0.4) is 0 Å². The van der Waals surface area contributed by atoms with Crippen molar-refractivity contribution < 1.29 is 9.53 Å². The highest BCUT2D eigenvalue weighted by atomic mass is 16.5. The van der Waals surface area contributed by atoms with Crippen LogP contribution >= 0.6 is 0 Å². The van der Waals surface area contributed by atoms with E-state index in [-0.39, 0.29) is 5.97 Å². The highest BCUT2D eigenvalue weighted by Crippen LogP contribution is 2.12. The largest absolute Gasteiger partial charge is 0.421 e. The first-order chi connectivity index (χ1) is 10.1. The molecular weight excluding hydrogens is 262 g/mol. The van der Waals surface area contributed by atoms with Gasteiger partial charge in [-0.3, -0.25) is 4.98 Å². The Kier molecular flexibility index (Phi) is 9.52. The summed E-state index contributed by atoms with van der Waals surface area (Å²) < 4.78 is 5.19. The lowest BCUT2D eigenvalue weighted by atomic mass is 10.1. The van der Waals surface area contributed by atoms with Gasteiger partial charge in [-0.2, -0.15) is 0 Å². The molecule has 0 saturated carbocycles. The molecule has 0 amide bonds. The summed E-state index contributed by atoms with van der Waals surface area (Å²) in [5, 5.41) is 0. The number of carbonyl (C=O) groups excluding carboxylic acids is 1. The fraction of sp³-hybridized carbons (Fsp3) is 0.333. The second-order valence-electron chi connectivity index (χ2n) is 3.89. The molecule has 114 valence electrons. The Hall–Kier alpha value is -2.16. The van der Waals surface area contributed by atoms with Crippen LogP contribution in [0.1, 0.15) is 49.3 Å². The zero-order valence-corrected chi connectivity index (χ0v) is 13.8. The van der Waals surface area contributed by atoms with Crippen molar-refractivity contribution in [2.75, 3.05) is 0 Å². The van der Waals surface area contributed by atoms with Gasteiger partial charge >= 0.3 is 5.97 Å². The fourth-order valence-corrected chi connectivity index (χ4v) is 1.37. The van der Waals surface area contributed by atoms with Gasteiger partial charge in [0.25, 0.3) is 0 Å². The zero-order valence-electron chi connectivity index (χ0n) is 13.8. The highest BCUT2D eigenvalue weighted by Gasteiger charge is 2.07. The number of pyridine rings is 1. The number of carbonyl (C=O) groups is 1. The summed E-state index contributed by atoms with van der Waals surface area (Å²) in [6.07, 6.45) is 1.54. The van der Waals surface area contributed by atoms with Crippen molar-refractivity contribution in [1.82, 2.24) is 4.98 Å². The topological polar surface area (TPSA) is 39.2 Å². The number of esters is 1. The summed E-state index contributed by atoms with van der Waals surface area (Å²) in [6, 6.07) is 10.8. The molecule has 0 fully saturated rings. The Balaban J connectivity index is 0.000000921. The minimum Gasteiger partial charge on any atom is -0.421 e. The second kappa shape index (κ2) is 10.6. The lowest BCUT2D eigenvalue weighted by Crippen LogP contribution is -2.08. The average molecular weight is 287 g/mol. The lowest BCUT2D eigenvalue weighted by Gasteiger charge is -2.04. The number of aromatic nitrogens is 1. The first kappa shape index (κ1) is 18.8. The van der Waals surface area contributed by atoms with Crippen LogP contribution in [0.15, 0.2) is 42.6 Å². The average Bonchev–Trinajstić information content (AvgIpc) is 2.54. The van der Waals surface area contributed by atoms with Gasteiger partial charge in [0, 0.05) is 5.69 Å². The van der Waals surface area contributed by atoms with Gasteiger partial charge in [0.05, 0.1) is 11.8 Å². The molecular formula is C18H25NO2. The molecule has 21 heavy (non-hydrogen) atoms. The Morgan fingerprint density at radius 1 is 0.905 bits per heavy atom. The molecule has 0 saturated heterocycles. The monoisotopic (exact) mass is 287 g/mol. The first-order valence-corrected chi connectivity index (χ1v) is 7.36. The van der Waals surface area contributed by atoms with Crippen molar-refractivity contribution >= 4 is 5.97 Å². The number of aryl methyl sites for hydroxylation is 2. The molecule has 0 aliphatic rings. The number of ether oxygens (including phenoxy) is 1. The standard InChI is InChI=1S/C14H13NO2.2C2H6/c1-10-3-6-12(7-4-10)14(16)17-13-8-5-11(2)15-9-13;2*1-2/h3-9H,1-2H3;2*1-2H3. The van der Waals surface area contributed by atoms with Crippen molar-refractivity contribution in [3.8, 4) is 5.75 Å². The van der Waals surface area contributed by atoms with Gasteiger partial charge < -0.3 is 4.74 Å². The van der Waals surface area contributed by atoms with E-state index in [0.717, 1.165) is 11.3 Å². The predicted octanol–water partition coefficient (Wildman–Crippen LogP) is 4.97. The molecule has 0 bridgehead atoms. The van der Waals surface area contributed by atoms with Crippen LogP contribution in [0.5, 0.6) is 5.75 Å². The van der Waals surface area contributed by atoms with Gasteiger partial charge in [0.1, 0.15) is 5.75 Å². The van der Waals surface area contributed by atoms with Crippen molar-refractivity contribution in [2.24, 2.45) is 0 Å². The smallest absolute Gasteiger partial charge is 0.343 e. The van der Waals surface area contributed by atoms with Crippen LogP contribution in [0.4, 0.5) is 0 Å². The van der Waals surface area contributed by atoms with Crippen LogP contribution in [0, 0.1) is 13.8 Å². The molecule has 3 nitrogen and oxygen atoms in total. The third-order valence-corrected chi connectivity index (χ3v) is 2.38. The van der Waals surface area contributed by atoms with E-state index in [4.69, 9.17) is 4.74 Å². The molecule has 0 radical (unpaired) electrons. The van der Waals surface area contributed by atoms with E-state index in [9.17, 15) is 4.79 Å². The predicted molar refractivity (Wildman–Crippen MR) is 87.8 cm³/mol. The maximum absolute atomic E-state index is 11.8. The van der Waals surface area contributed by atoms with Crippen molar-refractivity contribution in [3.05, 3.63) is 59.4 Å². The van der Waals surface area contributed by atoms with Crippen LogP contribution < -0.4 is 4.74 Å². The lowest BCUT2D eigenvalue weighted by molar-refractivity contribution is 0.0734. The molecule has 0 spiro atoms. The number of hydrogen-bond donors (Lipinski definition) is 0. The van der Waals surface area contributed by atoms with Gasteiger partial charge in [-0.05, 0) is 38.1 Å². The molecule has 0 aliphatic carbocycles. The third-order valence-electron chi connectivity index (χ3n) is 2.38. The third kappa shape index (κ3) is 6.70. The van der Waals surface area contributed by atoms with E-state index in [0.29, 0.717) is 11.3 Å². The van der Waals surface area contributed by atoms with E-state index in [1.807, 2.05) is 53.7 Å². The van der Waals surface area contributed by atoms with Gasteiger partial charge in [-0.15, -0.1) is 0 Å². The van der Waals surface area contributed by atoms with E-state index in [1.54, 1.807) is 30.5 Å². The molecule has 2 aromatic rings. The fourth-order valence-electron chi connectivity index (χ4n) is 1.37. The number of hydrogen-bond acceptors (Lipinski definition) is 3. The molecule has 3 heteroatoms. The summed E-state index contributed by atoms with van der Waals surface area (Å²) in [4.78, 5) is 15.8. The summed E-state index contributed by atoms with van der Waals surface area (Å²) in [6.45, 7) is 11.9. The minimum absolute atomic E-state index is 0.365. The van der Waals surface area contributed by atoms with Gasteiger partial charge in [0.2, 0.25) is 0 Å². The molecule has 0 unspecified atom stereocenters. The molecule has 0 N–H and O–H groups in total. The Bertz CT molecular complexity index is 516. The molecule has 2 rings (SSSR count). The van der Waals surface area contributed by atoms with Gasteiger partial charge in [-0.25, -0.2) is 4.79 Å². The van der Waals surface area contributed by atoms with E-state index in [2.05, 4.69) is 4.98 Å². The summed E-state index contributed by atoms with van der Waals surface area (Å²) in [5.41, 5.74) is 2.54. The zero-order chi connectivity index (χ0) is 16.3. The van der Waals surface area contributed by atoms with Crippen LogP contribution in [-0.4, -0.2) is 11.0 Å². The van der Waals surface area contributed by atoms with Crippen LogP contribution in [-0.2, 0) is 0 Å². The SMILES string of the molecule is CC.CC.Cc1ccc(C(=O)Oc2ccc(C)nc2)cc1. The van der Waals surface area contributed by atoms with Crippen LogP contribution in [0.25, 0.3) is 0 Å². The number of rotatable bonds is 2. The quantitative estimate of drug-likeness (QED) is 0.732. The van der Waals surface area contributed by atoms with Crippen molar-refractivity contribution in [1.29, 1.82) is 0 Å². The number of benzene rings is 1. The molecule has 0 atom stereocenters. The number of nitrogens with zero attached hydrogens (tertiary/aromatic N) is 1. The van der Waals surface area contributed by atoms with Crippen molar-refractivity contribution in [2.45, 2.75) is 41.5 Å². The summed E-state index contributed by atoms with van der Waals surface area (Å²) in [7, 11) is 0. The molecule has 1 aromatic heterocycles. The maximum atomic E-state index is 11.8. The second-order valence-corrected chi connectivity index (χ2v) is 3.89. The Morgan fingerprint density at radius 2 is 1.48 bits per heavy atom. The normalized spacial score (nSPS) is 8.67. The van der Waals surface area contributed by atoms with Gasteiger partial charge in [-0.1, -0.05) is 45.4 Å². The first-order valence-electron chi connectivity index (χ1n) is 7.36. The van der Waals surface area contributed by atoms with E-state index >= 15 is 0 Å². The van der Waals surface area contributed by atoms with E-state index in [1.165, 1.54) is 0 Å². The summed E-state index contributed by atoms with van der Waals surface area (Å²) >= 11 is 0. The minimum atomic E-state index is -0.365. The van der Waals surface area contributed by atoms with Gasteiger partial charge in [0.15, 0.2) is 0 Å². The molecule has 0 aliphatic heterocycles. The van der Waals surface area contributed by atoms with Crippen LogP contribution in [0.2, 0.25) is 0 Å². The maximum Gasteiger partial charge on any atom is 0.343 e. The van der Waals surface area contributed by atoms with E-state index < -0.39 is 0 Å². The Labute approximate surface area is 128 Å². The Morgan fingerprint density at radius 3 is 1.95 bits per heavy atom. The highest BCUT2D eigenvalue weighted by molar-refractivity contribution is 5.91. The molecule has 1 aromatic carbocycles.